The average molecular weight is 377 g/mol. The molecule has 0 unspecified atom stereocenters. The smallest absolute Gasteiger partial charge is 0.157 e. The standard InChI is InChI=1S/C16H16BrN5O/c1-22(9-10-3-5-11(23-2)6-4-10)16-15-12(13(17)8-19-16)7-14(18)20-21-15/h3-8H,9H2,1-2H3,(H2,18,20)/i1D3. The van der Waals surface area contributed by atoms with Crippen LogP contribution in [0.25, 0.3) is 10.9 Å². The average Bonchev–Trinajstić information content (AvgIpc) is 2.60. The van der Waals surface area contributed by atoms with Gasteiger partial charge in [0.25, 0.3) is 0 Å². The largest absolute Gasteiger partial charge is 0.497 e. The molecule has 7 heteroatoms. The number of nitrogen functional groups attached to an aromatic ring is 1. The normalized spacial score (nSPS) is 13.2. The van der Waals surface area contributed by atoms with Gasteiger partial charge in [0, 0.05) is 33.7 Å². The van der Waals surface area contributed by atoms with Crippen molar-refractivity contribution < 1.29 is 8.85 Å². The lowest BCUT2D eigenvalue weighted by molar-refractivity contribution is 0.414. The summed E-state index contributed by atoms with van der Waals surface area (Å²) in [5.41, 5.74) is 6.86. The summed E-state index contributed by atoms with van der Waals surface area (Å²) in [4.78, 5) is 5.50. The summed E-state index contributed by atoms with van der Waals surface area (Å²) in [6, 6.07) is 8.80. The molecule has 0 spiro atoms. The minimum Gasteiger partial charge on any atom is -0.497 e. The van der Waals surface area contributed by atoms with E-state index in [1.165, 1.54) is 11.1 Å². The molecular formula is C16H16BrN5O. The van der Waals surface area contributed by atoms with E-state index in [4.69, 9.17) is 14.6 Å². The second-order valence-electron chi connectivity index (χ2n) is 4.90. The van der Waals surface area contributed by atoms with Gasteiger partial charge in [0.15, 0.2) is 5.82 Å². The Balaban J connectivity index is 2.08. The van der Waals surface area contributed by atoms with Crippen LogP contribution in [0.5, 0.6) is 5.75 Å². The summed E-state index contributed by atoms with van der Waals surface area (Å²) in [5, 5.41) is 8.55. The Kier molecular flexibility index (Phi) is 3.34. The third kappa shape index (κ3) is 3.19. The van der Waals surface area contributed by atoms with E-state index in [1.54, 1.807) is 25.3 Å². The summed E-state index contributed by atoms with van der Waals surface area (Å²) in [6.07, 6.45) is 1.53. The van der Waals surface area contributed by atoms with Crippen LogP contribution in [0, 0.1) is 0 Å². The Morgan fingerprint density at radius 2 is 2.09 bits per heavy atom. The molecular weight excluding hydrogens is 358 g/mol. The predicted octanol–water partition coefficient (Wildman–Crippen LogP) is 3.01. The SMILES string of the molecule is [2H]C([2H])([2H])N(Cc1ccc(OC)cc1)c1ncc(Br)c2cc(N)nnc12. The molecule has 2 heterocycles. The minimum atomic E-state index is -2.42. The highest BCUT2D eigenvalue weighted by Crippen LogP contribution is 2.29. The van der Waals surface area contributed by atoms with Crippen LogP contribution < -0.4 is 15.4 Å². The number of benzene rings is 1. The summed E-state index contributed by atoms with van der Waals surface area (Å²) in [5.74, 6) is 1.15. The molecule has 0 radical (unpaired) electrons. The van der Waals surface area contributed by atoms with Gasteiger partial charge in [0.05, 0.1) is 7.11 Å². The molecule has 23 heavy (non-hydrogen) atoms. The fourth-order valence-electron chi connectivity index (χ4n) is 2.19. The van der Waals surface area contributed by atoms with Gasteiger partial charge < -0.3 is 15.4 Å². The molecule has 0 saturated heterocycles. The number of nitrogens with two attached hydrogens (primary N) is 1. The van der Waals surface area contributed by atoms with Crippen molar-refractivity contribution in [1.29, 1.82) is 0 Å². The Hall–Kier alpha value is -2.41. The van der Waals surface area contributed by atoms with Gasteiger partial charge in [-0.1, -0.05) is 12.1 Å². The number of fused-ring (bicyclic) bond motifs is 1. The second-order valence-corrected chi connectivity index (χ2v) is 5.75. The van der Waals surface area contributed by atoms with Crippen molar-refractivity contribution in [2.45, 2.75) is 6.54 Å². The second kappa shape index (κ2) is 6.37. The van der Waals surface area contributed by atoms with E-state index in [0.717, 1.165) is 5.56 Å². The zero-order chi connectivity index (χ0) is 18.9. The van der Waals surface area contributed by atoms with Crippen LogP contribution in [0.3, 0.4) is 0 Å². The van der Waals surface area contributed by atoms with Gasteiger partial charge >= 0.3 is 0 Å². The van der Waals surface area contributed by atoms with Crippen molar-refractivity contribution in [1.82, 2.24) is 15.2 Å². The molecule has 0 atom stereocenters. The van der Waals surface area contributed by atoms with Crippen LogP contribution in [-0.4, -0.2) is 29.3 Å². The van der Waals surface area contributed by atoms with Crippen LogP contribution >= 0.6 is 15.9 Å². The third-order valence-corrected chi connectivity index (χ3v) is 3.97. The van der Waals surface area contributed by atoms with E-state index in [0.29, 0.717) is 21.1 Å². The Labute approximate surface area is 146 Å². The fraction of sp³-hybridized carbons (Fsp3) is 0.188. The third-order valence-electron chi connectivity index (χ3n) is 3.34. The number of aromatic nitrogens is 3. The molecule has 0 aliphatic rings. The van der Waals surface area contributed by atoms with Crippen molar-refractivity contribution in [3.05, 3.63) is 46.6 Å². The summed E-state index contributed by atoms with van der Waals surface area (Å²) in [7, 11) is 1.58. The summed E-state index contributed by atoms with van der Waals surface area (Å²) >= 11 is 3.39. The van der Waals surface area contributed by atoms with E-state index in [2.05, 4.69) is 31.1 Å². The van der Waals surface area contributed by atoms with Crippen molar-refractivity contribution in [2.75, 3.05) is 24.7 Å². The van der Waals surface area contributed by atoms with E-state index in [9.17, 15) is 0 Å². The summed E-state index contributed by atoms with van der Waals surface area (Å²) in [6.45, 7) is -2.30. The minimum absolute atomic E-state index is 0.121. The number of halogens is 1. The van der Waals surface area contributed by atoms with E-state index < -0.39 is 6.98 Å². The lowest BCUT2D eigenvalue weighted by Gasteiger charge is -2.19. The van der Waals surface area contributed by atoms with E-state index in [-0.39, 0.29) is 18.2 Å². The molecule has 0 bridgehead atoms. The maximum atomic E-state index is 7.94. The zero-order valence-corrected chi connectivity index (χ0v) is 13.9. The molecule has 0 aliphatic carbocycles. The molecule has 1 aromatic carbocycles. The van der Waals surface area contributed by atoms with Crippen LogP contribution in [0.15, 0.2) is 41.0 Å². The first-order valence-electron chi connectivity index (χ1n) is 8.27. The molecule has 3 rings (SSSR count). The molecule has 0 aliphatic heterocycles. The van der Waals surface area contributed by atoms with Gasteiger partial charge in [-0.3, -0.25) is 0 Å². The predicted molar refractivity (Wildman–Crippen MR) is 94.5 cm³/mol. The topological polar surface area (TPSA) is 77.2 Å². The van der Waals surface area contributed by atoms with Gasteiger partial charge in [-0.2, -0.15) is 0 Å². The number of nitrogens with zero attached hydrogens (tertiary/aromatic N) is 4. The summed E-state index contributed by atoms with van der Waals surface area (Å²) < 4.78 is 29.6. The first-order chi connectivity index (χ1) is 12.3. The van der Waals surface area contributed by atoms with Gasteiger partial charge in [-0.25, -0.2) is 4.98 Å². The maximum Gasteiger partial charge on any atom is 0.157 e. The maximum absolute atomic E-state index is 7.94. The molecule has 2 N–H and O–H groups in total. The first-order valence-corrected chi connectivity index (χ1v) is 7.57. The highest BCUT2D eigenvalue weighted by molar-refractivity contribution is 9.10. The number of hydrogen-bond donors (Lipinski definition) is 1. The molecule has 0 amide bonds. The highest BCUT2D eigenvalue weighted by Gasteiger charge is 2.13. The Bertz CT molecular complexity index is 934. The zero-order valence-electron chi connectivity index (χ0n) is 15.3. The van der Waals surface area contributed by atoms with Crippen LogP contribution in [0.1, 0.15) is 9.68 Å². The molecule has 6 nitrogen and oxygen atoms in total. The highest BCUT2D eigenvalue weighted by atomic mass is 79.9. The molecule has 0 saturated carbocycles. The monoisotopic (exact) mass is 376 g/mol. The van der Waals surface area contributed by atoms with Gasteiger partial charge in [0.1, 0.15) is 17.1 Å². The van der Waals surface area contributed by atoms with Crippen LogP contribution in [-0.2, 0) is 6.54 Å². The molecule has 0 fully saturated rings. The number of rotatable bonds is 4. The van der Waals surface area contributed by atoms with Gasteiger partial charge in [0.2, 0.25) is 0 Å². The molecule has 118 valence electrons. The van der Waals surface area contributed by atoms with Crippen LogP contribution in [0.4, 0.5) is 11.6 Å². The van der Waals surface area contributed by atoms with Gasteiger partial charge in [-0.05, 0) is 39.7 Å². The molecule has 2 aromatic heterocycles. The van der Waals surface area contributed by atoms with Crippen molar-refractivity contribution in [3.63, 3.8) is 0 Å². The van der Waals surface area contributed by atoms with E-state index in [1.807, 2.05) is 12.1 Å². The van der Waals surface area contributed by atoms with E-state index >= 15 is 0 Å². The van der Waals surface area contributed by atoms with Crippen molar-refractivity contribution in [2.24, 2.45) is 0 Å². The first kappa shape index (κ1) is 12.1. The number of methoxy groups -OCH3 is 1. The Morgan fingerprint density at radius 3 is 2.78 bits per heavy atom. The van der Waals surface area contributed by atoms with Gasteiger partial charge in [-0.15, -0.1) is 10.2 Å². The lowest BCUT2D eigenvalue weighted by Crippen LogP contribution is -2.18. The molecule has 3 aromatic rings. The van der Waals surface area contributed by atoms with Crippen LogP contribution in [0.2, 0.25) is 0 Å². The Morgan fingerprint density at radius 1 is 1.30 bits per heavy atom. The number of hydrogen-bond acceptors (Lipinski definition) is 6. The van der Waals surface area contributed by atoms with Crippen molar-refractivity contribution >= 4 is 38.5 Å². The van der Waals surface area contributed by atoms with Crippen molar-refractivity contribution in [3.8, 4) is 5.75 Å². The number of pyridine rings is 1. The quantitative estimate of drug-likeness (QED) is 0.753. The fourth-order valence-corrected chi connectivity index (χ4v) is 2.59. The number of anilines is 2. The number of ether oxygens (including phenoxy) is 1. The lowest BCUT2D eigenvalue weighted by atomic mass is 10.2.